The van der Waals surface area contributed by atoms with Crippen LogP contribution < -0.4 is 11.1 Å². The van der Waals surface area contributed by atoms with E-state index in [4.69, 9.17) is 15.9 Å². The molecule has 0 fully saturated rings. The number of nitrogens with two attached hydrogens (primary N) is 1. The van der Waals surface area contributed by atoms with Crippen molar-refractivity contribution in [2.24, 2.45) is 15.7 Å². The molecule has 4 N–H and O–H groups in total. The topological polar surface area (TPSA) is 139 Å². The van der Waals surface area contributed by atoms with Gasteiger partial charge < -0.3 is 15.8 Å². The summed E-state index contributed by atoms with van der Waals surface area (Å²) in [5.41, 5.74) is 8.98. The fraction of sp³-hybridized carbons (Fsp3) is 0.0476. The third kappa shape index (κ3) is 4.04. The number of aliphatic imine (C=N–C) groups is 2. The molecule has 4 rings (SSSR count). The molecule has 1 aliphatic rings. The Kier molecular flexibility index (Phi) is 5.25. The third-order valence-electron chi connectivity index (χ3n) is 4.25. The predicted molar refractivity (Wildman–Crippen MR) is 113 cm³/mol. The molecule has 0 spiro atoms. The van der Waals surface area contributed by atoms with Crippen LogP contribution in [0.15, 0.2) is 83.3 Å². The molecular formula is C21H17N7O2. The largest absolute Gasteiger partial charge is 0.407 e. The number of fused-ring (bicyclic) bond motifs is 1. The van der Waals surface area contributed by atoms with Crippen LogP contribution in [0.25, 0.3) is 0 Å². The Morgan fingerprint density at radius 1 is 1.07 bits per heavy atom. The number of hydrogen-bond donors (Lipinski definition) is 3. The van der Waals surface area contributed by atoms with E-state index >= 15 is 0 Å². The fourth-order valence-electron chi connectivity index (χ4n) is 2.89. The summed E-state index contributed by atoms with van der Waals surface area (Å²) in [5.74, 6) is -0.754. The van der Waals surface area contributed by atoms with Crippen LogP contribution in [0.4, 0.5) is 5.69 Å². The van der Waals surface area contributed by atoms with Crippen LogP contribution in [0.5, 0.6) is 0 Å². The number of anilines is 1. The van der Waals surface area contributed by atoms with Crippen molar-refractivity contribution < 1.29 is 9.53 Å². The van der Waals surface area contributed by atoms with E-state index in [-0.39, 0.29) is 11.9 Å². The highest BCUT2D eigenvalue weighted by molar-refractivity contribution is 6.19. The number of nitrogens with one attached hydrogen (secondary N) is 2. The molecule has 1 amide bonds. The summed E-state index contributed by atoms with van der Waals surface area (Å²) in [6, 6.07) is 16.5. The number of nitrogens with zero attached hydrogens (tertiary/aromatic N) is 4. The smallest absolute Gasteiger partial charge is 0.291 e. The van der Waals surface area contributed by atoms with Crippen molar-refractivity contribution in [3.05, 3.63) is 90.0 Å². The van der Waals surface area contributed by atoms with Gasteiger partial charge >= 0.3 is 0 Å². The number of benzene rings is 2. The average Bonchev–Trinajstić information content (AvgIpc) is 2.91. The Labute approximate surface area is 171 Å². The molecule has 0 bridgehead atoms. The number of carbonyl (C=O) groups excluding carboxylic acids is 1. The Morgan fingerprint density at radius 3 is 2.53 bits per heavy atom. The molecule has 30 heavy (non-hydrogen) atoms. The van der Waals surface area contributed by atoms with E-state index in [1.807, 2.05) is 48.5 Å². The van der Waals surface area contributed by atoms with Gasteiger partial charge in [-0.15, -0.1) is 0 Å². The first-order valence-electron chi connectivity index (χ1n) is 9.00. The van der Waals surface area contributed by atoms with Crippen LogP contribution in [-0.4, -0.2) is 39.7 Å². The normalized spacial score (nSPS) is 16.0. The summed E-state index contributed by atoms with van der Waals surface area (Å²) in [6.07, 6.45) is 2.96. The van der Waals surface area contributed by atoms with Gasteiger partial charge in [0.2, 0.25) is 12.1 Å². The number of amides is 1. The Hall–Kier alpha value is -4.40. The monoisotopic (exact) mass is 399 g/mol. The molecule has 9 heteroatoms. The molecule has 2 aromatic carbocycles. The number of carbonyl (C=O) groups is 1. The lowest BCUT2D eigenvalue weighted by Crippen LogP contribution is -2.29. The van der Waals surface area contributed by atoms with Gasteiger partial charge in [0.15, 0.2) is 0 Å². The van der Waals surface area contributed by atoms with E-state index in [1.165, 1.54) is 18.7 Å². The standard InChI is InChI=1S/C21H17N7O2/c22-18(14-10-24-12-25-11-14)30-21(23)28-19-20(29)26-16-9-5-4-8-15(16)17(27-19)13-6-2-1-3-7-13/h1-12,19,22H,(H2,23,28)(H,26,29). The summed E-state index contributed by atoms with van der Waals surface area (Å²) >= 11 is 0. The lowest BCUT2D eigenvalue weighted by Gasteiger charge is -2.09. The van der Waals surface area contributed by atoms with Gasteiger partial charge in [-0.25, -0.2) is 15.0 Å². The highest BCUT2D eigenvalue weighted by Gasteiger charge is 2.26. The molecule has 1 aliphatic heterocycles. The first-order valence-corrected chi connectivity index (χ1v) is 9.00. The molecule has 3 aromatic rings. The molecule has 0 saturated carbocycles. The first-order chi connectivity index (χ1) is 14.6. The number of hydrogen-bond acceptors (Lipinski definition) is 7. The van der Waals surface area contributed by atoms with E-state index in [0.29, 0.717) is 17.0 Å². The number of ether oxygens (including phenoxy) is 1. The number of rotatable bonds is 3. The lowest BCUT2D eigenvalue weighted by molar-refractivity contribution is -0.117. The van der Waals surface area contributed by atoms with Crippen LogP contribution in [0.2, 0.25) is 0 Å². The Bertz CT molecular complexity index is 1140. The highest BCUT2D eigenvalue weighted by atomic mass is 16.5. The average molecular weight is 399 g/mol. The Balaban J connectivity index is 1.68. The van der Waals surface area contributed by atoms with Crippen molar-refractivity contribution in [3.63, 3.8) is 0 Å². The minimum absolute atomic E-state index is 0.290. The van der Waals surface area contributed by atoms with Crippen molar-refractivity contribution in [2.75, 3.05) is 5.32 Å². The molecule has 1 atom stereocenters. The fourth-order valence-corrected chi connectivity index (χ4v) is 2.89. The number of para-hydroxylation sites is 1. The maximum Gasteiger partial charge on any atom is 0.291 e. The van der Waals surface area contributed by atoms with Crippen molar-refractivity contribution in [2.45, 2.75) is 6.17 Å². The molecule has 148 valence electrons. The molecular weight excluding hydrogens is 382 g/mol. The van der Waals surface area contributed by atoms with Gasteiger partial charge in [-0.3, -0.25) is 10.2 Å². The summed E-state index contributed by atoms with van der Waals surface area (Å²) in [6.45, 7) is 0. The zero-order chi connectivity index (χ0) is 20.9. The molecule has 9 nitrogen and oxygen atoms in total. The van der Waals surface area contributed by atoms with Crippen LogP contribution in [0.1, 0.15) is 16.7 Å². The number of amidine groups is 1. The van der Waals surface area contributed by atoms with E-state index in [9.17, 15) is 4.79 Å². The van der Waals surface area contributed by atoms with E-state index in [0.717, 1.165) is 11.1 Å². The summed E-state index contributed by atoms with van der Waals surface area (Å²) in [4.78, 5) is 29.0. The molecule has 1 unspecified atom stereocenters. The van der Waals surface area contributed by atoms with Crippen molar-refractivity contribution >= 4 is 29.2 Å². The Morgan fingerprint density at radius 2 is 1.77 bits per heavy atom. The molecule has 1 aromatic heterocycles. The minimum Gasteiger partial charge on any atom is -0.407 e. The minimum atomic E-state index is -1.19. The summed E-state index contributed by atoms with van der Waals surface area (Å²) in [7, 11) is 0. The zero-order valence-corrected chi connectivity index (χ0v) is 15.7. The second-order valence-electron chi connectivity index (χ2n) is 6.28. The number of benzodiazepines with no additional fused rings is 1. The summed E-state index contributed by atoms with van der Waals surface area (Å²) in [5, 5.41) is 10.8. The molecule has 0 aliphatic carbocycles. The van der Waals surface area contributed by atoms with E-state index in [2.05, 4.69) is 25.3 Å². The second kappa shape index (κ2) is 8.31. The van der Waals surface area contributed by atoms with Crippen molar-refractivity contribution in [3.8, 4) is 0 Å². The maximum absolute atomic E-state index is 12.7. The quantitative estimate of drug-likeness (QED) is 0.456. The van der Waals surface area contributed by atoms with Gasteiger partial charge in [0.05, 0.1) is 17.0 Å². The van der Waals surface area contributed by atoms with Crippen molar-refractivity contribution in [1.29, 1.82) is 5.41 Å². The summed E-state index contributed by atoms with van der Waals surface area (Å²) < 4.78 is 5.23. The van der Waals surface area contributed by atoms with Crippen molar-refractivity contribution in [1.82, 2.24) is 9.97 Å². The zero-order valence-electron chi connectivity index (χ0n) is 15.7. The predicted octanol–water partition coefficient (Wildman–Crippen LogP) is 1.95. The van der Waals surface area contributed by atoms with Gasteiger partial charge in [-0.05, 0) is 6.07 Å². The van der Waals surface area contributed by atoms with Crippen LogP contribution in [0, 0.1) is 5.41 Å². The van der Waals surface area contributed by atoms with Crippen LogP contribution in [0.3, 0.4) is 0 Å². The van der Waals surface area contributed by atoms with Crippen LogP contribution in [-0.2, 0) is 9.53 Å². The molecule has 0 saturated heterocycles. The molecule has 2 heterocycles. The first kappa shape index (κ1) is 18.9. The van der Waals surface area contributed by atoms with E-state index in [1.54, 1.807) is 6.07 Å². The van der Waals surface area contributed by atoms with Gasteiger partial charge in [0.25, 0.3) is 11.9 Å². The lowest BCUT2D eigenvalue weighted by atomic mass is 10.0. The van der Waals surface area contributed by atoms with Crippen LogP contribution >= 0.6 is 0 Å². The highest BCUT2D eigenvalue weighted by Crippen LogP contribution is 2.24. The molecule has 0 radical (unpaired) electrons. The van der Waals surface area contributed by atoms with Gasteiger partial charge in [-0.2, -0.15) is 4.99 Å². The maximum atomic E-state index is 12.7. The second-order valence-corrected chi connectivity index (χ2v) is 6.28. The SMILES string of the molecule is N=C(O/C(N)=N/C1N=C(c2ccccc2)c2ccccc2NC1=O)c1cncnc1. The van der Waals surface area contributed by atoms with E-state index < -0.39 is 12.1 Å². The van der Waals surface area contributed by atoms with Gasteiger partial charge in [-0.1, -0.05) is 48.5 Å². The third-order valence-corrected chi connectivity index (χ3v) is 4.25. The number of aromatic nitrogens is 2. The van der Waals surface area contributed by atoms with Gasteiger partial charge in [0.1, 0.15) is 6.33 Å². The van der Waals surface area contributed by atoms with Gasteiger partial charge in [0, 0.05) is 23.5 Å².